The maximum absolute atomic E-state index is 13.3. The Labute approximate surface area is 204 Å². The van der Waals surface area contributed by atoms with Gasteiger partial charge in [-0.05, 0) is 72.2 Å². The largest absolute Gasteiger partial charge is 0.414 e. The van der Waals surface area contributed by atoms with Crippen LogP contribution in [0.25, 0.3) is 0 Å². The Kier molecular flexibility index (Phi) is 7.03. The van der Waals surface area contributed by atoms with E-state index in [0.717, 1.165) is 15.0 Å². The Morgan fingerprint density at radius 1 is 1.24 bits per heavy atom. The number of benzene rings is 1. The molecule has 4 rings (SSSR count). The number of carbonyl (C=O) groups is 3. The average Bonchev–Trinajstić information content (AvgIpc) is 3.34. The van der Waals surface area contributed by atoms with Crippen LogP contribution in [0.4, 0.5) is 16.2 Å². The van der Waals surface area contributed by atoms with Crippen LogP contribution in [0.15, 0.2) is 34.1 Å². The van der Waals surface area contributed by atoms with Crippen LogP contribution in [0.5, 0.6) is 5.06 Å². The number of anilines is 2. The third-order valence-electron chi connectivity index (χ3n) is 5.71. The van der Waals surface area contributed by atoms with E-state index in [1.165, 1.54) is 11.3 Å². The normalized spacial score (nSPS) is 21.2. The van der Waals surface area contributed by atoms with Crippen molar-refractivity contribution in [3.63, 3.8) is 0 Å². The van der Waals surface area contributed by atoms with Crippen LogP contribution >= 0.6 is 27.3 Å². The van der Waals surface area contributed by atoms with Gasteiger partial charge < -0.3 is 29.9 Å². The second kappa shape index (κ2) is 9.80. The van der Waals surface area contributed by atoms with Crippen molar-refractivity contribution < 1.29 is 23.9 Å². The highest BCUT2D eigenvalue weighted by atomic mass is 79.9. The summed E-state index contributed by atoms with van der Waals surface area (Å²) in [7, 11) is 1.90. The van der Waals surface area contributed by atoms with Gasteiger partial charge in [0, 0.05) is 31.0 Å². The molecule has 2 N–H and O–H groups in total. The van der Waals surface area contributed by atoms with Gasteiger partial charge in [-0.25, -0.2) is 4.79 Å². The number of nitrogens with zero attached hydrogens (tertiary/aromatic N) is 2. The minimum Gasteiger partial charge on any atom is -0.399 e. The molecular formula is C22H25BrN4O5S. The van der Waals surface area contributed by atoms with Gasteiger partial charge in [-0.3, -0.25) is 9.59 Å². The fraction of sp³-hybridized carbons (Fsp3) is 0.409. The lowest BCUT2D eigenvalue weighted by Crippen LogP contribution is -2.58. The lowest BCUT2D eigenvalue weighted by atomic mass is 9.97. The van der Waals surface area contributed by atoms with E-state index >= 15 is 0 Å². The number of morpholine rings is 1. The topological polar surface area (TPSA) is 100 Å². The smallest absolute Gasteiger partial charge is 0.399 e. The number of ether oxygens (including phenoxy) is 2. The molecule has 9 nitrogen and oxygen atoms in total. The summed E-state index contributed by atoms with van der Waals surface area (Å²) in [6.07, 6.45) is -0.218. The molecule has 2 saturated heterocycles. The molecule has 2 aliphatic heterocycles. The van der Waals surface area contributed by atoms with Crippen molar-refractivity contribution in [3.05, 3.63) is 39.7 Å². The predicted octanol–water partition coefficient (Wildman–Crippen LogP) is 2.98. The Morgan fingerprint density at radius 2 is 2.06 bits per heavy atom. The quantitative estimate of drug-likeness (QED) is 0.609. The fourth-order valence-corrected chi connectivity index (χ4v) is 5.26. The van der Waals surface area contributed by atoms with Gasteiger partial charge >= 0.3 is 6.09 Å². The van der Waals surface area contributed by atoms with Crippen LogP contribution in [-0.4, -0.2) is 68.2 Å². The van der Waals surface area contributed by atoms with E-state index in [9.17, 15) is 14.4 Å². The van der Waals surface area contributed by atoms with E-state index in [1.807, 2.05) is 31.0 Å². The van der Waals surface area contributed by atoms with Crippen LogP contribution in [-0.2, 0) is 14.3 Å². The molecule has 1 unspecified atom stereocenters. The number of hydrogen-bond donors (Lipinski definition) is 2. The summed E-state index contributed by atoms with van der Waals surface area (Å²) in [6, 6.07) is 8.87. The molecule has 2 aromatic rings. The number of amides is 3. The molecule has 0 bridgehead atoms. The monoisotopic (exact) mass is 536 g/mol. The SMILES string of the molecule is Cc1cc(NC(=O)C2(NC(=O)Oc3ccc(Br)s3)CCN(C)C2)ccc1N1CCOCC1=O. The Balaban J connectivity index is 1.47. The van der Waals surface area contributed by atoms with Gasteiger partial charge in [0.15, 0.2) is 5.06 Å². The van der Waals surface area contributed by atoms with Gasteiger partial charge in [0.2, 0.25) is 0 Å². The molecule has 3 amide bonds. The third kappa shape index (κ3) is 5.37. The number of likely N-dealkylation sites (tertiary alicyclic amines) is 1. The molecule has 176 valence electrons. The minimum absolute atomic E-state index is 0.0676. The summed E-state index contributed by atoms with van der Waals surface area (Å²) in [5.41, 5.74) is 1.12. The first-order chi connectivity index (χ1) is 15.8. The van der Waals surface area contributed by atoms with E-state index < -0.39 is 11.6 Å². The number of rotatable bonds is 5. The van der Waals surface area contributed by atoms with E-state index in [1.54, 1.807) is 23.1 Å². The summed E-state index contributed by atoms with van der Waals surface area (Å²) in [5.74, 6) is -0.402. The molecule has 1 aromatic heterocycles. The van der Waals surface area contributed by atoms with E-state index in [0.29, 0.717) is 43.4 Å². The Bertz CT molecular complexity index is 1080. The number of nitrogens with one attached hydrogen (secondary N) is 2. The molecule has 0 radical (unpaired) electrons. The van der Waals surface area contributed by atoms with Gasteiger partial charge in [-0.1, -0.05) is 11.3 Å². The summed E-state index contributed by atoms with van der Waals surface area (Å²) in [6.45, 7) is 3.97. The van der Waals surface area contributed by atoms with Crippen LogP contribution in [0, 0.1) is 6.92 Å². The van der Waals surface area contributed by atoms with Crippen molar-refractivity contribution in [3.8, 4) is 5.06 Å². The molecule has 0 aliphatic carbocycles. The first-order valence-electron chi connectivity index (χ1n) is 10.5. The highest BCUT2D eigenvalue weighted by Crippen LogP contribution is 2.30. The first-order valence-corrected chi connectivity index (χ1v) is 12.1. The molecule has 2 fully saturated rings. The van der Waals surface area contributed by atoms with E-state index in [4.69, 9.17) is 9.47 Å². The maximum Gasteiger partial charge on any atom is 0.414 e. The predicted molar refractivity (Wildman–Crippen MR) is 129 cm³/mol. The molecule has 33 heavy (non-hydrogen) atoms. The lowest BCUT2D eigenvalue weighted by Gasteiger charge is -2.30. The van der Waals surface area contributed by atoms with E-state index in [-0.39, 0.29) is 18.4 Å². The average molecular weight is 537 g/mol. The number of aryl methyl sites for hydroxylation is 1. The number of hydrogen-bond acceptors (Lipinski definition) is 7. The van der Waals surface area contributed by atoms with Gasteiger partial charge in [-0.2, -0.15) is 0 Å². The second-order valence-corrected chi connectivity index (χ2v) is 10.6. The Morgan fingerprint density at radius 3 is 2.70 bits per heavy atom. The van der Waals surface area contributed by atoms with Crippen molar-refractivity contribution in [2.24, 2.45) is 0 Å². The lowest BCUT2D eigenvalue weighted by molar-refractivity contribution is -0.125. The summed E-state index contributed by atoms with van der Waals surface area (Å²) < 4.78 is 11.4. The van der Waals surface area contributed by atoms with Gasteiger partial charge in [0.05, 0.1) is 10.4 Å². The molecule has 3 heterocycles. The van der Waals surface area contributed by atoms with Gasteiger partial charge in [0.25, 0.3) is 11.8 Å². The molecule has 1 atom stereocenters. The number of halogens is 1. The van der Waals surface area contributed by atoms with Crippen LogP contribution < -0.4 is 20.3 Å². The van der Waals surface area contributed by atoms with Crippen molar-refractivity contribution in [1.29, 1.82) is 0 Å². The van der Waals surface area contributed by atoms with Crippen LogP contribution in [0.2, 0.25) is 0 Å². The highest BCUT2D eigenvalue weighted by Gasteiger charge is 2.45. The van der Waals surface area contributed by atoms with Crippen molar-refractivity contribution >= 4 is 56.5 Å². The zero-order valence-electron chi connectivity index (χ0n) is 18.4. The highest BCUT2D eigenvalue weighted by molar-refractivity contribution is 9.11. The van der Waals surface area contributed by atoms with Crippen LogP contribution in [0.3, 0.4) is 0 Å². The molecular weight excluding hydrogens is 512 g/mol. The maximum atomic E-state index is 13.3. The third-order valence-corrected chi connectivity index (χ3v) is 7.21. The first kappa shape index (κ1) is 23.7. The fourth-order valence-electron chi connectivity index (χ4n) is 4.07. The summed E-state index contributed by atoms with van der Waals surface area (Å²) in [5, 5.41) is 6.16. The molecule has 11 heteroatoms. The zero-order chi connectivity index (χ0) is 23.6. The molecule has 0 spiro atoms. The van der Waals surface area contributed by atoms with Crippen molar-refractivity contribution in [1.82, 2.24) is 10.2 Å². The molecule has 2 aliphatic rings. The molecule has 1 aromatic carbocycles. The van der Waals surface area contributed by atoms with Gasteiger partial charge in [0.1, 0.15) is 12.1 Å². The molecule has 0 saturated carbocycles. The number of thiophene rings is 1. The van der Waals surface area contributed by atoms with E-state index in [2.05, 4.69) is 26.6 Å². The van der Waals surface area contributed by atoms with Gasteiger partial charge in [-0.15, -0.1) is 0 Å². The van der Waals surface area contributed by atoms with Crippen molar-refractivity contribution in [2.45, 2.75) is 18.9 Å². The number of carbonyl (C=O) groups excluding carboxylic acids is 3. The standard InChI is InChI=1S/C22H25BrN4O5S/c1-14-11-15(3-4-16(14)27-9-10-31-12-18(27)28)24-20(29)22(7-8-26(2)13-22)25-21(30)32-19-6-5-17(23)33-19/h3-6,11H,7-10,12-13H2,1-2H3,(H,24,29)(H,25,30). The van der Waals surface area contributed by atoms with Crippen molar-refractivity contribution in [2.75, 3.05) is 50.1 Å². The van der Waals surface area contributed by atoms with Crippen LogP contribution in [0.1, 0.15) is 12.0 Å². The zero-order valence-corrected chi connectivity index (χ0v) is 20.8. The summed E-state index contributed by atoms with van der Waals surface area (Å²) >= 11 is 4.62. The summed E-state index contributed by atoms with van der Waals surface area (Å²) in [4.78, 5) is 41.7. The minimum atomic E-state index is -1.12. The second-order valence-electron chi connectivity index (χ2n) is 8.20. The Hall–Kier alpha value is -2.47. The number of likely N-dealkylation sites (N-methyl/N-ethyl adjacent to an activating group) is 1.